The highest BCUT2D eigenvalue weighted by Crippen LogP contribution is 2.21. The van der Waals surface area contributed by atoms with Crippen molar-refractivity contribution in [3.63, 3.8) is 0 Å². The van der Waals surface area contributed by atoms with E-state index in [2.05, 4.69) is 5.32 Å². The van der Waals surface area contributed by atoms with Crippen molar-refractivity contribution in [2.24, 2.45) is 5.92 Å². The van der Waals surface area contributed by atoms with Gasteiger partial charge in [-0.15, -0.1) is 0 Å². The first-order chi connectivity index (χ1) is 12.0. The molecule has 1 saturated heterocycles. The number of carbonyl (C=O) groups is 3. The maximum Gasteiger partial charge on any atom is 0.303 e. The second-order valence-electron chi connectivity index (χ2n) is 6.29. The van der Waals surface area contributed by atoms with Gasteiger partial charge in [0.05, 0.1) is 0 Å². The van der Waals surface area contributed by atoms with Crippen molar-refractivity contribution in [3.05, 3.63) is 34.9 Å². The molecule has 0 spiro atoms. The van der Waals surface area contributed by atoms with Crippen LogP contribution in [0.5, 0.6) is 0 Å². The highest BCUT2D eigenvalue weighted by molar-refractivity contribution is 6.30. The lowest BCUT2D eigenvalue weighted by atomic mass is 9.93. The Hall–Kier alpha value is -2.08. The molecular weight excluding hydrogens is 344 g/mol. The largest absolute Gasteiger partial charge is 0.481 e. The van der Waals surface area contributed by atoms with Crippen LogP contribution in [-0.4, -0.2) is 47.4 Å². The molecule has 136 valence electrons. The molecule has 2 rings (SSSR count). The van der Waals surface area contributed by atoms with Gasteiger partial charge in [0.1, 0.15) is 0 Å². The highest BCUT2D eigenvalue weighted by Gasteiger charge is 2.23. The first-order valence-corrected chi connectivity index (χ1v) is 8.87. The van der Waals surface area contributed by atoms with Crippen molar-refractivity contribution >= 4 is 29.4 Å². The van der Waals surface area contributed by atoms with Crippen LogP contribution in [0.3, 0.4) is 0 Å². The molecule has 2 amide bonds. The normalized spacial score (nSPS) is 15.0. The molecule has 0 bridgehead atoms. The number of carboxylic acid groups (broad SMARTS) is 1. The van der Waals surface area contributed by atoms with Gasteiger partial charge < -0.3 is 15.3 Å². The monoisotopic (exact) mass is 366 g/mol. The second-order valence-corrected chi connectivity index (χ2v) is 6.72. The molecule has 0 saturated carbocycles. The van der Waals surface area contributed by atoms with E-state index in [0.717, 1.165) is 12.8 Å². The van der Waals surface area contributed by atoms with E-state index < -0.39 is 5.97 Å². The van der Waals surface area contributed by atoms with Crippen LogP contribution in [0.25, 0.3) is 0 Å². The summed E-state index contributed by atoms with van der Waals surface area (Å²) in [5.41, 5.74) is 0.538. The van der Waals surface area contributed by atoms with Crippen LogP contribution >= 0.6 is 11.6 Å². The lowest BCUT2D eigenvalue weighted by Crippen LogP contribution is -2.39. The third kappa shape index (κ3) is 6.38. The molecule has 0 unspecified atom stereocenters. The SMILES string of the molecule is O=C(O)CC1CCN(C(=O)CCCNC(=O)c2ccc(Cl)cc2)CC1. The van der Waals surface area contributed by atoms with E-state index in [1.807, 2.05) is 0 Å². The molecule has 1 heterocycles. The Kier molecular flexibility index (Phi) is 7.25. The molecule has 1 fully saturated rings. The second kappa shape index (κ2) is 9.42. The predicted molar refractivity (Wildman–Crippen MR) is 94.6 cm³/mol. The molecule has 25 heavy (non-hydrogen) atoms. The topological polar surface area (TPSA) is 86.7 Å². The predicted octanol–water partition coefficient (Wildman–Crippen LogP) is 2.56. The van der Waals surface area contributed by atoms with Crippen LogP contribution in [0.4, 0.5) is 0 Å². The third-order valence-electron chi connectivity index (χ3n) is 4.39. The quantitative estimate of drug-likeness (QED) is 0.726. The minimum absolute atomic E-state index is 0.0644. The van der Waals surface area contributed by atoms with E-state index in [1.54, 1.807) is 29.2 Å². The standard InChI is InChI=1S/C18H23ClN2O4/c19-15-5-3-14(4-6-15)18(25)20-9-1-2-16(22)21-10-7-13(8-11-21)12-17(23)24/h3-6,13H,1-2,7-12H2,(H,20,25)(H,23,24). The van der Waals surface area contributed by atoms with Gasteiger partial charge >= 0.3 is 5.97 Å². The average Bonchev–Trinajstić information content (AvgIpc) is 2.59. The zero-order valence-electron chi connectivity index (χ0n) is 14.0. The number of aliphatic carboxylic acids is 1. The number of rotatable bonds is 7. The van der Waals surface area contributed by atoms with E-state index in [9.17, 15) is 14.4 Å². The number of piperidine rings is 1. The van der Waals surface area contributed by atoms with Gasteiger partial charge in [-0.3, -0.25) is 14.4 Å². The lowest BCUT2D eigenvalue weighted by Gasteiger charge is -2.31. The molecule has 0 atom stereocenters. The average molecular weight is 367 g/mol. The summed E-state index contributed by atoms with van der Waals surface area (Å²) in [7, 11) is 0. The molecule has 0 aliphatic carbocycles. The summed E-state index contributed by atoms with van der Waals surface area (Å²) in [6, 6.07) is 6.64. The molecule has 1 aliphatic heterocycles. The van der Waals surface area contributed by atoms with Gasteiger partial charge in [-0.05, 0) is 49.4 Å². The maximum atomic E-state index is 12.2. The van der Waals surface area contributed by atoms with Crippen molar-refractivity contribution in [2.45, 2.75) is 32.1 Å². The van der Waals surface area contributed by atoms with Crippen LogP contribution < -0.4 is 5.32 Å². The zero-order valence-corrected chi connectivity index (χ0v) is 14.8. The molecule has 7 heteroatoms. The number of amides is 2. The van der Waals surface area contributed by atoms with E-state index in [1.165, 1.54) is 0 Å². The van der Waals surface area contributed by atoms with Gasteiger partial charge in [0, 0.05) is 43.1 Å². The number of hydrogen-bond acceptors (Lipinski definition) is 3. The van der Waals surface area contributed by atoms with Crippen LogP contribution in [0.2, 0.25) is 5.02 Å². The van der Waals surface area contributed by atoms with Crippen molar-refractivity contribution in [2.75, 3.05) is 19.6 Å². The minimum atomic E-state index is -0.777. The fraction of sp³-hybridized carbons (Fsp3) is 0.500. The molecule has 0 aromatic heterocycles. The van der Waals surface area contributed by atoms with E-state index in [0.29, 0.717) is 43.1 Å². The van der Waals surface area contributed by atoms with Crippen molar-refractivity contribution in [1.82, 2.24) is 10.2 Å². The Morgan fingerprint density at radius 3 is 2.40 bits per heavy atom. The maximum absolute atomic E-state index is 12.2. The van der Waals surface area contributed by atoms with Gasteiger partial charge in [-0.25, -0.2) is 0 Å². The minimum Gasteiger partial charge on any atom is -0.481 e. The number of nitrogens with zero attached hydrogens (tertiary/aromatic N) is 1. The first-order valence-electron chi connectivity index (χ1n) is 8.49. The van der Waals surface area contributed by atoms with E-state index in [4.69, 9.17) is 16.7 Å². The van der Waals surface area contributed by atoms with E-state index in [-0.39, 0.29) is 24.2 Å². The zero-order chi connectivity index (χ0) is 18.2. The van der Waals surface area contributed by atoms with Crippen LogP contribution in [0, 0.1) is 5.92 Å². The first kappa shape index (κ1) is 19.2. The van der Waals surface area contributed by atoms with Gasteiger partial charge in [0.15, 0.2) is 0 Å². The Morgan fingerprint density at radius 1 is 1.16 bits per heavy atom. The van der Waals surface area contributed by atoms with Gasteiger partial charge in [0.25, 0.3) is 5.91 Å². The van der Waals surface area contributed by atoms with Gasteiger partial charge in [0.2, 0.25) is 5.91 Å². The van der Waals surface area contributed by atoms with Gasteiger partial charge in [-0.2, -0.15) is 0 Å². The number of halogens is 1. The summed E-state index contributed by atoms with van der Waals surface area (Å²) < 4.78 is 0. The number of carboxylic acids is 1. The third-order valence-corrected chi connectivity index (χ3v) is 4.64. The number of nitrogens with one attached hydrogen (secondary N) is 1. The lowest BCUT2D eigenvalue weighted by molar-refractivity contribution is -0.138. The van der Waals surface area contributed by atoms with Crippen LogP contribution in [0.15, 0.2) is 24.3 Å². The molecule has 1 aromatic rings. The van der Waals surface area contributed by atoms with Crippen LogP contribution in [-0.2, 0) is 9.59 Å². The summed E-state index contributed by atoms with van der Waals surface area (Å²) >= 11 is 5.78. The molecule has 6 nitrogen and oxygen atoms in total. The van der Waals surface area contributed by atoms with E-state index >= 15 is 0 Å². The van der Waals surface area contributed by atoms with Crippen molar-refractivity contribution in [3.8, 4) is 0 Å². The summed E-state index contributed by atoms with van der Waals surface area (Å²) in [6.45, 7) is 1.67. The highest BCUT2D eigenvalue weighted by atomic mass is 35.5. The van der Waals surface area contributed by atoms with Crippen molar-refractivity contribution < 1.29 is 19.5 Å². The summed E-state index contributed by atoms with van der Waals surface area (Å²) in [6.07, 6.45) is 2.62. The number of hydrogen-bond donors (Lipinski definition) is 2. The molecule has 1 aromatic carbocycles. The Morgan fingerprint density at radius 2 is 1.80 bits per heavy atom. The summed E-state index contributed by atoms with van der Waals surface area (Å²) in [4.78, 5) is 36.6. The fourth-order valence-corrected chi connectivity index (χ4v) is 3.06. The molecular formula is C18H23ClN2O4. The molecule has 0 radical (unpaired) electrons. The van der Waals surface area contributed by atoms with Gasteiger partial charge in [-0.1, -0.05) is 11.6 Å². The molecule has 1 aliphatic rings. The van der Waals surface area contributed by atoms with Crippen molar-refractivity contribution in [1.29, 1.82) is 0 Å². The summed E-state index contributed by atoms with van der Waals surface area (Å²) in [5.74, 6) is -0.727. The Bertz CT molecular complexity index is 610. The number of likely N-dealkylation sites (tertiary alicyclic amines) is 1. The van der Waals surface area contributed by atoms with Crippen LogP contribution in [0.1, 0.15) is 42.5 Å². The Labute approximate surface area is 152 Å². The number of benzene rings is 1. The smallest absolute Gasteiger partial charge is 0.303 e. The number of carbonyl (C=O) groups excluding carboxylic acids is 2. The molecule has 2 N–H and O–H groups in total. The fourth-order valence-electron chi connectivity index (χ4n) is 2.94. The Balaban J connectivity index is 1.63. The summed E-state index contributed by atoms with van der Waals surface area (Å²) in [5, 5.41) is 12.2.